The Morgan fingerprint density at radius 2 is 1.72 bits per heavy atom. The summed E-state index contributed by atoms with van der Waals surface area (Å²) in [6, 6.07) is 17.0. The van der Waals surface area contributed by atoms with E-state index in [4.69, 9.17) is 4.74 Å². The third kappa shape index (κ3) is 6.30. The Kier molecular flexibility index (Phi) is 7.01. The van der Waals surface area contributed by atoms with Crippen molar-refractivity contribution < 1.29 is 14.3 Å². The van der Waals surface area contributed by atoms with Crippen LogP contribution in [0.5, 0.6) is 5.75 Å². The van der Waals surface area contributed by atoms with Crippen LogP contribution >= 0.6 is 0 Å². The molecule has 0 saturated heterocycles. The van der Waals surface area contributed by atoms with Gasteiger partial charge >= 0.3 is 0 Å². The fourth-order valence-electron chi connectivity index (χ4n) is 2.58. The number of carbonyl (C=O) groups excluding carboxylic acids is 2. The average molecular weight is 340 g/mol. The van der Waals surface area contributed by atoms with Gasteiger partial charge in [0.05, 0.1) is 19.6 Å². The van der Waals surface area contributed by atoms with Gasteiger partial charge in [-0.05, 0) is 29.7 Å². The van der Waals surface area contributed by atoms with Crippen LogP contribution in [0.15, 0.2) is 54.6 Å². The largest absolute Gasteiger partial charge is 0.497 e. The third-order valence-electron chi connectivity index (χ3n) is 3.86. The molecular weight excluding hydrogens is 316 g/mol. The van der Waals surface area contributed by atoms with Crippen LogP contribution < -0.4 is 15.4 Å². The minimum absolute atomic E-state index is 0.0869. The summed E-state index contributed by atoms with van der Waals surface area (Å²) in [5.41, 5.74) is 2.05. The van der Waals surface area contributed by atoms with Gasteiger partial charge < -0.3 is 15.4 Å². The Hall–Kier alpha value is -2.82. The van der Waals surface area contributed by atoms with Crippen molar-refractivity contribution in [2.75, 3.05) is 13.7 Å². The molecular formula is C20H24N2O3. The summed E-state index contributed by atoms with van der Waals surface area (Å²) in [5, 5.41) is 5.75. The monoisotopic (exact) mass is 340 g/mol. The molecule has 0 bridgehead atoms. The van der Waals surface area contributed by atoms with Gasteiger partial charge in [0.25, 0.3) is 0 Å². The number of hydrogen-bond acceptors (Lipinski definition) is 3. The second kappa shape index (κ2) is 9.47. The Morgan fingerprint density at radius 3 is 2.32 bits per heavy atom. The zero-order valence-electron chi connectivity index (χ0n) is 14.6. The Bertz CT molecular complexity index is 684. The van der Waals surface area contributed by atoms with E-state index in [-0.39, 0.29) is 24.3 Å². The first-order valence-corrected chi connectivity index (χ1v) is 8.30. The quantitative estimate of drug-likeness (QED) is 0.776. The predicted octanol–water partition coefficient (Wildman–Crippen LogP) is 2.62. The second-order valence-electron chi connectivity index (χ2n) is 5.82. The van der Waals surface area contributed by atoms with E-state index in [0.29, 0.717) is 6.54 Å². The summed E-state index contributed by atoms with van der Waals surface area (Å²) < 4.78 is 5.13. The van der Waals surface area contributed by atoms with Gasteiger partial charge in [-0.2, -0.15) is 0 Å². The maximum Gasteiger partial charge on any atom is 0.222 e. The van der Waals surface area contributed by atoms with E-state index in [1.54, 1.807) is 7.11 Å². The summed E-state index contributed by atoms with van der Waals surface area (Å²) in [6.07, 6.45) is 0.956. The highest BCUT2D eigenvalue weighted by molar-refractivity contribution is 5.79. The fraction of sp³-hybridized carbons (Fsp3) is 0.300. The third-order valence-corrected chi connectivity index (χ3v) is 3.86. The molecule has 0 aliphatic heterocycles. The van der Waals surface area contributed by atoms with Crippen molar-refractivity contribution in [1.29, 1.82) is 0 Å². The molecule has 1 atom stereocenters. The number of nitrogens with one attached hydrogen (secondary N) is 2. The van der Waals surface area contributed by atoms with Gasteiger partial charge in [0.2, 0.25) is 11.8 Å². The number of carbonyl (C=O) groups is 2. The molecule has 2 rings (SSSR count). The first kappa shape index (κ1) is 18.5. The Labute approximate surface area is 148 Å². The smallest absolute Gasteiger partial charge is 0.222 e. The van der Waals surface area contributed by atoms with Crippen LogP contribution in [0, 0.1) is 0 Å². The van der Waals surface area contributed by atoms with E-state index < -0.39 is 0 Å². The molecule has 0 aliphatic carbocycles. The SMILES string of the molecule is COc1ccc(CCNC(=O)CC(NC(C)=O)c2ccccc2)cc1. The molecule has 1 unspecified atom stereocenters. The lowest BCUT2D eigenvalue weighted by atomic mass is 10.0. The van der Waals surface area contributed by atoms with Crippen LogP contribution in [0.3, 0.4) is 0 Å². The van der Waals surface area contributed by atoms with Crippen molar-refractivity contribution in [2.24, 2.45) is 0 Å². The lowest BCUT2D eigenvalue weighted by Gasteiger charge is -2.18. The molecule has 5 nitrogen and oxygen atoms in total. The van der Waals surface area contributed by atoms with Gasteiger partial charge in [-0.15, -0.1) is 0 Å². The lowest BCUT2D eigenvalue weighted by molar-refractivity contribution is -0.122. The molecule has 2 aromatic rings. The molecule has 0 aliphatic rings. The molecule has 0 saturated carbocycles. The predicted molar refractivity (Wildman–Crippen MR) is 97.3 cm³/mol. The van der Waals surface area contributed by atoms with E-state index >= 15 is 0 Å². The average Bonchev–Trinajstić information content (AvgIpc) is 2.62. The molecule has 2 aromatic carbocycles. The number of benzene rings is 2. The van der Waals surface area contributed by atoms with Gasteiger partial charge in [0, 0.05) is 13.5 Å². The van der Waals surface area contributed by atoms with Crippen molar-refractivity contribution in [2.45, 2.75) is 25.8 Å². The maximum atomic E-state index is 12.2. The van der Waals surface area contributed by atoms with Crippen molar-refractivity contribution in [1.82, 2.24) is 10.6 Å². The first-order valence-electron chi connectivity index (χ1n) is 8.30. The van der Waals surface area contributed by atoms with Gasteiger partial charge in [-0.3, -0.25) is 9.59 Å². The molecule has 0 aromatic heterocycles. The van der Waals surface area contributed by atoms with Crippen LogP contribution in [0.4, 0.5) is 0 Å². The van der Waals surface area contributed by atoms with Crippen molar-refractivity contribution in [3.05, 3.63) is 65.7 Å². The summed E-state index contributed by atoms with van der Waals surface area (Å²) in [7, 11) is 1.63. The summed E-state index contributed by atoms with van der Waals surface area (Å²) in [6.45, 7) is 2.00. The standard InChI is InChI=1S/C20H24N2O3/c1-15(23)22-19(17-6-4-3-5-7-17)14-20(24)21-13-12-16-8-10-18(25-2)11-9-16/h3-11,19H,12-14H2,1-2H3,(H,21,24)(H,22,23). The van der Waals surface area contributed by atoms with Crippen LogP contribution in [0.1, 0.15) is 30.5 Å². The highest BCUT2D eigenvalue weighted by atomic mass is 16.5. The lowest BCUT2D eigenvalue weighted by Crippen LogP contribution is -2.33. The van der Waals surface area contributed by atoms with Crippen LogP contribution in [-0.4, -0.2) is 25.5 Å². The zero-order valence-corrected chi connectivity index (χ0v) is 14.6. The molecule has 132 valence electrons. The highest BCUT2D eigenvalue weighted by Gasteiger charge is 2.16. The van der Waals surface area contributed by atoms with Crippen molar-refractivity contribution >= 4 is 11.8 Å². The number of hydrogen-bond donors (Lipinski definition) is 2. The van der Waals surface area contributed by atoms with Gasteiger partial charge in [-0.25, -0.2) is 0 Å². The first-order chi connectivity index (χ1) is 12.1. The molecule has 0 spiro atoms. The minimum Gasteiger partial charge on any atom is -0.497 e. The van der Waals surface area contributed by atoms with E-state index in [2.05, 4.69) is 10.6 Å². The number of rotatable bonds is 8. The van der Waals surface area contributed by atoms with Crippen molar-refractivity contribution in [3.8, 4) is 5.75 Å². The van der Waals surface area contributed by atoms with E-state index in [1.807, 2.05) is 54.6 Å². The van der Waals surface area contributed by atoms with E-state index in [0.717, 1.165) is 23.3 Å². The molecule has 2 N–H and O–H groups in total. The second-order valence-corrected chi connectivity index (χ2v) is 5.82. The fourth-order valence-corrected chi connectivity index (χ4v) is 2.58. The van der Waals surface area contributed by atoms with Gasteiger partial charge in [0.15, 0.2) is 0 Å². The van der Waals surface area contributed by atoms with Gasteiger partial charge in [-0.1, -0.05) is 42.5 Å². The van der Waals surface area contributed by atoms with E-state index in [1.165, 1.54) is 6.92 Å². The summed E-state index contributed by atoms with van der Waals surface area (Å²) >= 11 is 0. The molecule has 0 radical (unpaired) electrons. The maximum absolute atomic E-state index is 12.2. The number of ether oxygens (including phenoxy) is 1. The Balaban J connectivity index is 1.84. The molecule has 25 heavy (non-hydrogen) atoms. The summed E-state index contributed by atoms with van der Waals surface area (Å²) in [4.78, 5) is 23.6. The van der Waals surface area contributed by atoms with Gasteiger partial charge in [0.1, 0.15) is 5.75 Å². The zero-order chi connectivity index (χ0) is 18.1. The minimum atomic E-state index is -0.320. The highest BCUT2D eigenvalue weighted by Crippen LogP contribution is 2.16. The van der Waals surface area contributed by atoms with Crippen LogP contribution in [0.2, 0.25) is 0 Å². The Morgan fingerprint density at radius 1 is 1.04 bits per heavy atom. The topological polar surface area (TPSA) is 67.4 Å². The molecule has 2 amide bonds. The molecule has 0 heterocycles. The summed E-state index contributed by atoms with van der Waals surface area (Å²) in [5.74, 6) is 0.574. The van der Waals surface area contributed by atoms with Crippen molar-refractivity contribution in [3.63, 3.8) is 0 Å². The molecule has 0 fully saturated rings. The van der Waals surface area contributed by atoms with E-state index in [9.17, 15) is 9.59 Å². The number of amides is 2. The normalized spacial score (nSPS) is 11.4. The van der Waals surface area contributed by atoms with Crippen LogP contribution in [-0.2, 0) is 16.0 Å². The molecule has 5 heteroatoms. The van der Waals surface area contributed by atoms with Crippen LogP contribution in [0.25, 0.3) is 0 Å². The number of methoxy groups -OCH3 is 1.